The summed E-state index contributed by atoms with van der Waals surface area (Å²) < 4.78 is 6.28. The summed E-state index contributed by atoms with van der Waals surface area (Å²) in [6, 6.07) is 12.0. The maximum Gasteiger partial charge on any atom is 0.374 e. The summed E-state index contributed by atoms with van der Waals surface area (Å²) in [6.07, 6.45) is 0.929. The number of aromatic nitrogens is 2. The molecule has 3 aromatic rings. The van der Waals surface area contributed by atoms with Gasteiger partial charge in [0.2, 0.25) is 11.7 Å². The molecule has 0 aliphatic heterocycles. The number of non-ortho nitro benzene ring substituents is 1. The van der Waals surface area contributed by atoms with Gasteiger partial charge in [-0.05, 0) is 29.8 Å². The number of nitro benzene ring substituents is 1. The number of anilines is 1. The Morgan fingerprint density at radius 2 is 1.68 bits per heavy atom. The smallest absolute Gasteiger partial charge is 0.374 e. The molecule has 0 fully saturated rings. The Balaban J connectivity index is 1.70. The van der Waals surface area contributed by atoms with E-state index < -0.39 is 21.4 Å². The lowest BCUT2D eigenvalue weighted by Crippen LogP contribution is -2.31. The zero-order chi connectivity index (χ0) is 22.4. The first-order valence-corrected chi connectivity index (χ1v) is 9.34. The van der Waals surface area contributed by atoms with E-state index in [0.717, 1.165) is 10.8 Å². The number of carbonyl (C=O) groups excluding carboxylic acids is 1. The van der Waals surface area contributed by atoms with Gasteiger partial charge in [-0.3, -0.25) is 35.9 Å². The van der Waals surface area contributed by atoms with E-state index in [4.69, 9.17) is 4.74 Å². The Morgan fingerprint density at radius 3 is 2.29 bits per heavy atom. The number of halogens is 1. The second kappa shape index (κ2) is 9.58. The number of carbonyl (C=O) groups is 1. The second-order valence-corrected chi connectivity index (χ2v) is 6.88. The van der Waals surface area contributed by atoms with Crippen molar-refractivity contribution in [2.75, 3.05) is 5.43 Å². The fourth-order valence-corrected chi connectivity index (χ4v) is 2.67. The lowest BCUT2D eigenvalue weighted by atomic mass is 10.1. The summed E-state index contributed by atoms with van der Waals surface area (Å²) in [5.74, 6) is -0.811. The van der Waals surface area contributed by atoms with Gasteiger partial charge in [0.15, 0.2) is 0 Å². The predicted octanol–water partition coefficient (Wildman–Crippen LogP) is 3.53. The van der Waals surface area contributed by atoms with Crippen molar-refractivity contribution in [2.24, 2.45) is 0 Å². The molecule has 0 bridgehead atoms. The minimum atomic E-state index is -0.737. The van der Waals surface area contributed by atoms with Crippen LogP contribution < -0.4 is 15.6 Å². The van der Waals surface area contributed by atoms with E-state index in [1.54, 1.807) is 24.3 Å². The molecular formula is C18H13BrN6O6. The van der Waals surface area contributed by atoms with Crippen molar-refractivity contribution in [3.63, 3.8) is 0 Å². The van der Waals surface area contributed by atoms with Gasteiger partial charge in [0.25, 0.3) is 5.69 Å². The molecule has 13 heteroatoms. The number of benzene rings is 2. The highest BCUT2D eigenvalue weighted by Gasteiger charge is 2.25. The molecule has 2 aromatic carbocycles. The van der Waals surface area contributed by atoms with Crippen LogP contribution in [-0.4, -0.2) is 25.7 Å². The van der Waals surface area contributed by atoms with Gasteiger partial charge in [0.1, 0.15) is 12.1 Å². The lowest BCUT2D eigenvalue weighted by molar-refractivity contribution is -0.385. The van der Waals surface area contributed by atoms with E-state index >= 15 is 0 Å². The molecule has 0 aliphatic carbocycles. The van der Waals surface area contributed by atoms with Crippen molar-refractivity contribution in [2.45, 2.75) is 6.42 Å². The third-order valence-corrected chi connectivity index (χ3v) is 4.36. The van der Waals surface area contributed by atoms with E-state index in [1.807, 2.05) is 0 Å². The molecule has 0 radical (unpaired) electrons. The zero-order valence-electron chi connectivity index (χ0n) is 15.5. The summed E-state index contributed by atoms with van der Waals surface area (Å²) >= 11 is 3.28. The summed E-state index contributed by atoms with van der Waals surface area (Å²) in [5, 5.41) is 22.2. The summed E-state index contributed by atoms with van der Waals surface area (Å²) in [5.41, 5.74) is 4.54. The normalized spacial score (nSPS) is 10.2. The minimum absolute atomic E-state index is 0.0998. The molecule has 12 nitrogen and oxygen atoms in total. The van der Waals surface area contributed by atoms with E-state index in [9.17, 15) is 25.0 Å². The SMILES string of the molecule is O=C(Cc1ccc([N+](=O)[O-])cc1)NNc1ncnc(Oc2ccc(Br)cc2)c1[N+](=O)[O-]. The van der Waals surface area contributed by atoms with E-state index in [-0.39, 0.29) is 23.8 Å². The molecule has 158 valence electrons. The summed E-state index contributed by atoms with van der Waals surface area (Å²) in [4.78, 5) is 40.7. The van der Waals surface area contributed by atoms with Gasteiger partial charge in [-0.2, -0.15) is 4.98 Å². The number of hydrazine groups is 1. The van der Waals surface area contributed by atoms with Crippen molar-refractivity contribution in [1.29, 1.82) is 0 Å². The van der Waals surface area contributed by atoms with Crippen LogP contribution in [0.2, 0.25) is 0 Å². The van der Waals surface area contributed by atoms with E-state index in [2.05, 4.69) is 36.7 Å². The highest BCUT2D eigenvalue weighted by molar-refractivity contribution is 9.10. The van der Waals surface area contributed by atoms with Crippen LogP contribution in [0.4, 0.5) is 17.2 Å². The van der Waals surface area contributed by atoms with Crippen molar-refractivity contribution >= 4 is 39.0 Å². The molecular weight excluding hydrogens is 476 g/mol. The van der Waals surface area contributed by atoms with Gasteiger partial charge in [-0.25, -0.2) is 4.98 Å². The van der Waals surface area contributed by atoms with Gasteiger partial charge >= 0.3 is 11.6 Å². The summed E-state index contributed by atoms with van der Waals surface area (Å²) in [6.45, 7) is 0. The second-order valence-electron chi connectivity index (χ2n) is 5.96. The Kier molecular flexibility index (Phi) is 6.67. The van der Waals surface area contributed by atoms with Crippen LogP contribution in [0.1, 0.15) is 5.56 Å². The standard InChI is InChI=1S/C18H13BrN6O6/c19-12-3-7-14(8-4-12)31-18-16(25(29)30)17(20-10-21-18)23-22-15(26)9-11-1-5-13(6-2-11)24(27)28/h1-8,10H,9H2,(H,22,26)(H,20,21,23). The van der Waals surface area contributed by atoms with Crippen molar-refractivity contribution in [1.82, 2.24) is 15.4 Å². The van der Waals surface area contributed by atoms with E-state index in [0.29, 0.717) is 11.3 Å². The third-order valence-electron chi connectivity index (χ3n) is 3.83. The number of nitro groups is 2. The van der Waals surface area contributed by atoms with Crippen LogP contribution in [0.5, 0.6) is 11.6 Å². The molecule has 0 aliphatic rings. The maximum absolute atomic E-state index is 12.1. The van der Waals surface area contributed by atoms with Gasteiger partial charge in [0, 0.05) is 16.6 Å². The highest BCUT2D eigenvalue weighted by Crippen LogP contribution is 2.33. The Bertz CT molecular complexity index is 1120. The molecule has 31 heavy (non-hydrogen) atoms. The maximum atomic E-state index is 12.1. The van der Waals surface area contributed by atoms with E-state index in [1.165, 1.54) is 24.3 Å². The van der Waals surface area contributed by atoms with Crippen LogP contribution in [0.25, 0.3) is 0 Å². The number of nitrogens with zero attached hydrogens (tertiary/aromatic N) is 4. The number of amides is 1. The van der Waals surface area contributed by atoms with Crippen LogP contribution >= 0.6 is 15.9 Å². The van der Waals surface area contributed by atoms with Crippen LogP contribution in [0.15, 0.2) is 59.3 Å². The molecule has 1 heterocycles. The Labute approximate surface area is 182 Å². The number of ether oxygens (including phenoxy) is 1. The van der Waals surface area contributed by atoms with Gasteiger partial charge in [0.05, 0.1) is 16.3 Å². The number of hydrogen-bond donors (Lipinski definition) is 2. The molecule has 1 aromatic heterocycles. The van der Waals surface area contributed by atoms with Crippen LogP contribution in [0.3, 0.4) is 0 Å². The van der Waals surface area contributed by atoms with Crippen LogP contribution in [-0.2, 0) is 11.2 Å². The topological polar surface area (TPSA) is 162 Å². The molecule has 1 amide bonds. The molecule has 0 saturated carbocycles. The van der Waals surface area contributed by atoms with Crippen molar-refractivity contribution in [3.05, 3.63) is 85.1 Å². The first kappa shape index (κ1) is 21.6. The number of nitrogens with one attached hydrogen (secondary N) is 2. The van der Waals surface area contributed by atoms with Gasteiger partial charge in [-0.15, -0.1) is 0 Å². The van der Waals surface area contributed by atoms with Crippen molar-refractivity contribution in [3.8, 4) is 11.6 Å². The Hall–Kier alpha value is -4.13. The molecule has 0 atom stereocenters. The average molecular weight is 489 g/mol. The van der Waals surface area contributed by atoms with Crippen molar-refractivity contribution < 1.29 is 19.4 Å². The first-order valence-electron chi connectivity index (χ1n) is 8.54. The first-order chi connectivity index (χ1) is 14.8. The van der Waals surface area contributed by atoms with Gasteiger partial charge in [-0.1, -0.05) is 28.1 Å². The number of hydrogen-bond acceptors (Lipinski definition) is 9. The van der Waals surface area contributed by atoms with Crippen LogP contribution in [0, 0.1) is 20.2 Å². The minimum Gasteiger partial charge on any atom is -0.434 e. The Morgan fingerprint density at radius 1 is 1.00 bits per heavy atom. The molecule has 0 saturated heterocycles. The largest absolute Gasteiger partial charge is 0.434 e. The van der Waals surface area contributed by atoms with Gasteiger partial charge < -0.3 is 4.74 Å². The number of rotatable bonds is 8. The molecule has 0 unspecified atom stereocenters. The quantitative estimate of drug-likeness (QED) is 0.356. The lowest BCUT2D eigenvalue weighted by Gasteiger charge is -2.10. The third kappa shape index (κ3) is 5.70. The fraction of sp³-hybridized carbons (Fsp3) is 0.0556. The average Bonchev–Trinajstić information content (AvgIpc) is 2.74. The summed E-state index contributed by atoms with van der Waals surface area (Å²) in [7, 11) is 0. The zero-order valence-corrected chi connectivity index (χ0v) is 17.1. The fourth-order valence-electron chi connectivity index (χ4n) is 2.40. The molecule has 0 spiro atoms. The molecule has 2 N–H and O–H groups in total. The molecule has 3 rings (SSSR count). The monoisotopic (exact) mass is 488 g/mol. The predicted molar refractivity (Wildman–Crippen MR) is 111 cm³/mol. The highest BCUT2D eigenvalue weighted by atomic mass is 79.9.